The third-order valence-electron chi connectivity index (χ3n) is 2.11. The number of ether oxygens (including phenoxy) is 1. The fourth-order valence-electron chi connectivity index (χ4n) is 1.43. The maximum absolute atomic E-state index is 10.5. The highest BCUT2D eigenvalue weighted by molar-refractivity contribution is 5.74. The summed E-state index contributed by atoms with van der Waals surface area (Å²) < 4.78 is 5.34. The second kappa shape index (κ2) is 3.44. The van der Waals surface area contributed by atoms with Crippen LogP contribution in [-0.2, 0) is 4.74 Å². The molecule has 0 saturated heterocycles. The van der Waals surface area contributed by atoms with E-state index in [0.29, 0.717) is 5.56 Å². The zero-order valence-electron chi connectivity index (χ0n) is 7.14. The first-order valence-electron chi connectivity index (χ1n) is 4.26. The minimum Gasteiger partial charge on any atom is -0.493 e. The summed E-state index contributed by atoms with van der Waals surface area (Å²) in [5.74, 6) is 0. The predicted molar refractivity (Wildman–Crippen MR) is 49.4 cm³/mol. The second-order valence-electron chi connectivity index (χ2n) is 3.02. The van der Waals surface area contributed by atoms with E-state index in [1.54, 1.807) is 12.3 Å². The van der Waals surface area contributed by atoms with Crippen LogP contribution >= 0.6 is 0 Å². The first-order chi connectivity index (χ1) is 6.40. The van der Waals surface area contributed by atoms with Crippen molar-refractivity contribution in [3.63, 3.8) is 0 Å². The van der Waals surface area contributed by atoms with Gasteiger partial charge >= 0.3 is 0 Å². The summed E-state index contributed by atoms with van der Waals surface area (Å²) in [6.45, 7) is 0. The topological polar surface area (TPSA) is 26.3 Å². The number of hydrogen-bond acceptors (Lipinski definition) is 2. The molecular formula is C11H10O2. The van der Waals surface area contributed by atoms with Gasteiger partial charge in [-0.15, -0.1) is 0 Å². The fourth-order valence-corrected chi connectivity index (χ4v) is 1.43. The Balaban J connectivity index is 2.24. The van der Waals surface area contributed by atoms with E-state index in [1.165, 1.54) is 0 Å². The molecule has 0 bridgehead atoms. The summed E-state index contributed by atoms with van der Waals surface area (Å²) in [6, 6.07) is 7.51. The molecule has 0 amide bonds. The van der Waals surface area contributed by atoms with Crippen LogP contribution in [0.15, 0.2) is 36.6 Å². The van der Waals surface area contributed by atoms with Crippen LogP contribution in [0.25, 0.3) is 0 Å². The lowest BCUT2D eigenvalue weighted by Gasteiger charge is -2.10. The van der Waals surface area contributed by atoms with Gasteiger partial charge in [-0.3, -0.25) is 4.79 Å². The van der Waals surface area contributed by atoms with Gasteiger partial charge in [0.2, 0.25) is 0 Å². The summed E-state index contributed by atoms with van der Waals surface area (Å²) in [5, 5.41) is 0. The van der Waals surface area contributed by atoms with Crippen molar-refractivity contribution in [1.29, 1.82) is 0 Å². The Morgan fingerprint density at radius 2 is 2.38 bits per heavy atom. The molecule has 0 radical (unpaired) electrons. The highest BCUT2D eigenvalue weighted by atomic mass is 16.5. The summed E-state index contributed by atoms with van der Waals surface area (Å²) in [5.41, 5.74) is 1.77. The van der Waals surface area contributed by atoms with Crippen LogP contribution in [0.4, 0.5) is 0 Å². The average Bonchev–Trinajstić information content (AvgIpc) is 2.71. The maximum atomic E-state index is 10.5. The quantitative estimate of drug-likeness (QED) is 0.644. The molecule has 1 aromatic rings. The summed E-state index contributed by atoms with van der Waals surface area (Å²) in [4.78, 5) is 10.5. The van der Waals surface area contributed by atoms with Gasteiger partial charge in [-0.2, -0.15) is 0 Å². The molecule has 13 heavy (non-hydrogen) atoms. The molecule has 1 atom stereocenters. The number of carbonyl (C=O) groups is 1. The van der Waals surface area contributed by atoms with Gasteiger partial charge in [0.1, 0.15) is 12.4 Å². The molecule has 2 heteroatoms. The molecule has 1 aliphatic rings. The van der Waals surface area contributed by atoms with Gasteiger partial charge in [0.15, 0.2) is 0 Å². The van der Waals surface area contributed by atoms with Crippen LogP contribution in [0.1, 0.15) is 28.4 Å². The Morgan fingerprint density at radius 1 is 1.46 bits per heavy atom. The third kappa shape index (κ3) is 1.61. The maximum Gasteiger partial charge on any atom is 0.150 e. The molecule has 0 spiro atoms. The highest BCUT2D eigenvalue weighted by Crippen LogP contribution is 2.26. The second-order valence-corrected chi connectivity index (χ2v) is 3.02. The van der Waals surface area contributed by atoms with Crippen molar-refractivity contribution in [2.45, 2.75) is 12.5 Å². The number of benzene rings is 1. The molecular weight excluding hydrogens is 164 g/mol. The lowest BCUT2D eigenvalue weighted by molar-refractivity contribution is 0.112. The van der Waals surface area contributed by atoms with E-state index in [1.807, 2.05) is 24.3 Å². The standard InChI is InChI=1S/C11H10O2/c12-8-9-3-1-4-10(7-9)11-5-2-6-13-11/h1-4,6-8,11H,5H2. The Hall–Kier alpha value is -1.57. The monoisotopic (exact) mass is 174 g/mol. The van der Waals surface area contributed by atoms with Crippen molar-refractivity contribution < 1.29 is 9.53 Å². The lowest BCUT2D eigenvalue weighted by Crippen LogP contribution is -1.95. The van der Waals surface area contributed by atoms with Crippen molar-refractivity contribution in [3.8, 4) is 0 Å². The van der Waals surface area contributed by atoms with Gasteiger partial charge < -0.3 is 4.74 Å². The van der Waals surface area contributed by atoms with Crippen molar-refractivity contribution in [2.24, 2.45) is 0 Å². The molecule has 0 saturated carbocycles. The van der Waals surface area contributed by atoms with Gasteiger partial charge in [-0.1, -0.05) is 18.2 Å². The van der Waals surface area contributed by atoms with E-state index in [4.69, 9.17) is 4.74 Å². The van der Waals surface area contributed by atoms with Gasteiger partial charge in [-0.25, -0.2) is 0 Å². The molecule has 1 heterocycles. The van der Waals surface area contributed by atoms with Crippen LogP contribution in [-0.4, -0.2) is 6.29 Å². The number of aldehydes is 1. The van der Waals surface area contributed by atoms with E-state index >= 15 is 0 Å². The summed E-state index contributed by atoms with van der Waals surface area (Å²) in [7, 11) is 0. The van der Waals surface area contributed by atoms with E-state index in [-0.39, 0.29) is 6.10 Å². The third-order valence-corrected chi connectivity index (χ3v) is 2.11. The molecule has 1 aliphatic heterocycles. The molecule has 66 valence electrons. The van der Waals surface area contributed by atoms with Gasteiger partial charge in [-0.05, 0) is 17.7 Å². The van der Waals surface area contributed by atoms with Crippen molar-refractivity contribution in [1.82, 2.24) is 0 Å². The predicted octanol–water partition coefficient (Wildman–Crippen LogP) is 2.47. The zero-order chi connectivity index (χ0) is 9.10. The van der Waals surface area contributed by atoms with Crippen LogP contribution in [0.2, 0.25) is 0 Å². The van der Waals surface area contributed by atoms with Crippen LogP contribution in [0.5, 0.6) is 0 Å². The molecule has 2 nitrogen and oxygen atoms in total. The highest BCUT2D eigenvalue weighted by Gasteiger charge is 2.13. The normalized spacial score (nSPS) is 19.8. The van der Waals surface area contributed by atoms with Crippen molar-refractivity contribution >= 4 is 6.29 Å². The lowest BCUT2D eigenvalue weighted by atomic mass is 10.1. The van der Waals surface area contributed by atoms with Crippen LogP contribution in [0, 0.1) is 0 Å². The average molecular weight is 174 g/mol. The zero-order valence-corrected chi connectivity index (χ0v) is 7.14. The smallest absolute Gasteiger partial charge is 0.150 e. The largest absolute Gasteiger partial charge is 0.493 e. The van der Waals surface area contributed by atoms with Gasteiger partial charge in [0.25, 0.3) is 0 Å². The van der Waals surface area contributed by atoms with E-state index < -0.39 is 0 Å². The number of rotatable bonds is 2. The van der Waals surface area contributed by atoms with E-state index in [9.17, 15) is 4.79 Å². The molecule has 0 fully saturated rings. The van der Waals surface area contributed by atoms with Crippen molar-refractivity contribution in [2.75, 3.05) is 0 Å². The molecule has 0 N–H and O–H groups in total. The SMILES string of the molecule is O=Cc1cccc(C2CC=CO2)c1. The minimum absolute atomic E-state index is 0.0971. The van der Waals surface area contributed by atoms with Gasteiger partial charge in [0.05, 0.1) is 6.26 Å². The molecule has 2 rings (SSSR count). The number of hydrogen-bond donors (Lipinski definition) is 0. The first kappa shape index (κ1) is 8.05. The Morgan fingerprint density at radius 3 is 3.08 bits per heavy atom. The molecule has 1 aromatic carbocycles. The van der Waals surface area contributed by atoms with Crippen LogP contribution < -0.4 is 0 Å². The van der Waals surface area contributed by atoms with Crippen molar-refractivity contribution in [3.05, 3.63) is 47.7 Å². The number of carbonyl (C=O) groups excluding carboxylic acids is 1. The van der Waals surface area contributed by atoms with E-state index in [2.05, 4.69) is 0 Å². The van der Waals surface area contributed by atoms with Crippen LogP contribution in [0.3, 0.4) is 0 Å². The Labute approximate surface area is 76.8 Å². The fraction of sp³-hybridized carbons (Fsp3) is 0.182. The first-order valence-corrected chi connectivity index (χ1v) is 4.26. The molecule has 0 aromatic heterocycles. The Bertz CT molecular complexity index is 334. The minimum atomic E-state index is 0.0971. The Kier molecular flexibility index (Phi) is 2.13. The molecule has 0 aliphatic carbocycles. The van der Waals surface area contributed by atoms with E-state index in [0.717, 1.165) is 18.3 Å². The summed E-state index contributed by atoms with van der Waals surface area (Å²) in [6.07, 6.45) is 5.53. The summed E-state index contributed by atoms with van der Waals surface area (Å²) >= 11 is 0. The molecule has 1 unspecified atom stereocenters. The van der Waals surface area contributed by atoms with Gasteiger partial charge in [0, 0.05) is 12.0 Å².